The van der Waals surface area contributed by atoms with Crippen molar-refractivity contribution in [2.45, 2.75) is 31.7 Å². The van der Waals surface area contributed by atoms with Crippen LogP contribution in [0.4, 0.5) is 0 Å². The summed E-state index contributed by atoms with van der Waals surface area (Å²) in [6.45, 7) is 7.04. The molecule has 0 aliphatic carbocycles. The summed E-state index contributed by atoms with van der Waals surface area (Å²) >= 11 is 7.52. The van der Waals surface area contributed by atoms with Crippen molar-refractivity contribution in [2.24, 2.45) is 0 Å². The minimum atomic E-state index is 0.529. The van der Waals surface area contributed by atoms with Crippen LogP contribution < -0.4 is 0 Å². The van der Waals surface area contributed by atoms with Crippen LogP contribution in [0.1, 0.15) is 24.0 Å². The summed E-state index contributed by atoms with van der Waals surface area (Å²) in [5, 5.41) is 3.29. The maximum Gasteiger partial charge on any atom is 0.0941 e. The van der Waals surface area contributed by atoms with E-state index in [0.717, 1.165) is 18.7 Å². The number of nitrogens with zero attached hydrogens (tertiary/aromatic N) is 3. The van der Waals surface area contributed by atoms with Crippen molar-refractivity contribution >= 4 is 22.9 Å². The van der Waals surface area contributed by atoms with Crippen LogP contribution in [0.25, 0.3) is 0 Å². The van der Waals surface area contributed by atoms with Gasteiger partial charge in [0.05, 0.1) is 16.6 Å². The Morgan fingerprint density at radius 3 is 3.06 bits per heavy atom. The van der Waals surface area contributed by atoms with Gasteiger partial charge in [0.2, 0.25) is 0 Å². The molecule has 2 rings (SSSR count). The van der Waals surface area contributed by atoms with E-state index in [9.17, 15) is 0 Å². The van der Waals surface area contributed by atoms with Crippen molar-refractivity contribution in [1.29, 1.82) is 0 Å². The monoisotopic (exact) mass is 287 g/mol. The van der Waals surface area contributed by atoms with Gasteiger partial charge in [-0.3, -0.25) is 4.90 Å². The summed E-state index contributed by atoms with van der Waals surface area (Å²) in [6.07, 6.45) is 2.32. The van der Waals surface area contributed by atoms with Crippen LogP contribution in [0, 0.1) is 0 Å². The molecule has 2 heterocycles. The largest absolute Gasteiger partial charge is 0.305 e. The molecule has 3 nitrogen and oxygen atoms in total. The van der Waals surface area contributed by atoms with E-state index in [-0.39, 0.29) is 0 Å². The van der Waals surface area contributed by atoms with Gasteiger partial charge in [0.25, 0.3) is 0 Å². The Morgan fingerprint density at radius 2 is 2.33 bits per heavy atom. The first kappa shape index (κ1) is 14.3. The van der Waals surface area contributed by atoms with Crippen LogP contribution in [0.5, 0.6) is 0 Å². The molecule has 1 unspecified atom stereocenters. The Kier molecular flexibility index (Phi) is 5.42. The molecular formula is C13H22ClN3S. The zero-order valence-corrected chi connectivity index (χ0v) is 12.8. The highest BCUT2D eigenvalue weighted by Crippen LogP contribution is 2.14. The zero-order chi connectivity index (χ0) is 13.0. The first-order chi connectivity index (χ1) is 8.69. The molecule has 102 valence electrons. The van der Waals surface area contributed by atoms with Gasteiger partial charge in [-0.25, -0.2) is 4.98 Å². The molecule has 18 heavy (non-hydrogen) atoms. The third kappa shape index (κ3) is 3.92. The number of hydrogen-bond donors (Lipinski definition) is 0. The molecule has 0 bridgehead atoms. The molecular weight excluding hydrogens is 266 g/mol. The van der Waals surface area contributed by atoms with E-state index in [1.165, 1.54) is 31.1 Å². The fraction of sp³-hybridized carbons (Fsp3) is 0.769. The molecule has 1 fully saturated rings. The standard InChI is InChI=1S/C13H22ClN3S/c1-11-9-16(2)5-3-6-17(11)7-4-13-15-12(8-14)10-18-13/h10-11H,3-9H2,1-2H3. The number of thiazole rings is 1. The minimum absolute atomic E-state index is 0.529. The Hall–Kier alpha value is -0.160. The number of likely N-dealkylation sites (N-methyl/N-ethyl adjacent to an activating group) is 1. The molecule has 1 aliphatic heterocycles. The van der Waals surface area contributed by atoms with Gasteiger partial charge in [0.15, 0.2) is 0 Å². The number of hydrogen-bond acceptors (Lipinski definition) is 4. The molecule has 0 radical (unpaired) electrons. The Bertz CT molecular complexity index is 369. The molecule has 1 saturated heterocycles. The fourth-order valence-corrected chi connectivity index (χ4v) is 3.53. The molecule has 0 saturated carbocycles. The topological polar surface area (TPSA) is 19.4 Å². The number of rotatable bonds is 4. The summed E-state index contributed by atoms with van der Waals surface area (Å²) < 4.78 is 0. The second-order valence-corrected chi connectivity index (χ2v) is 6.33. The molecule has 0 aromatic carbocycles. The van der Waals surface area contributed by atoms with Gasteiger partial charge in [-0.05, 0) is 33.5 Å². The van der Waals surface area contributed by atoms with Crippen molar-refractivity contribution in [3.8, 4) is 0 Å². The smallest absolute Gasteiger partial charge is 0.0941 e. The SMILES string of the molecule is CC1CN(C)CCCN1CCc1nc(CCl)cs1. The van der Waals surface area contributed by atoms with E-state index in [4.69, 9.17) is 11.6 Å². The maximum atomic E-state index is 5.78. The van der Waals surface area contributed by atoms with Crippen LogP contribution in [0.15, 0.2) is 5.38 Å². The molecule has 0 amide bonds. The summed E-state index contributed by atoms with van der Waals surface area (Å²) in [5.41, 5.74) is 1.01. The van der Waals surface area contributed by atoms with Gasteiger partial charge in [-0.1, -0.05) is 0 Å². The second-order valence-electron chi connectivity index (χ2n) is 5.12. The third-order valence-electron chi connectivity index (χ3n) is 3.53. The number of aromatic nitrogens is 1. The molecule has 1 aromatic rings. The predicted octanol–water partition coefficient (Wildman–Crippen LogP) is 2.45. The normalized spacial score (nSPS) is 23.2. The van der Waals surface area contributed by atoms with E-state index in [0.29, 0.717) is 11.9 Å². The quantitative estimate of drug-likeness (QED) is 0.793. The van der Waals surface area contributed by atoms with E-state index in [1.54, 1.807) is 11.3 Å². The Morgan fingerprint density at radius 1 is 1.50 bits per heavy atom. The van der Waals surface area contributed by atoms with Crippen molar-refractivity contribution in [1.82, 2.24) is 14.8 Å². The van der Waals surface area contributed by atoms with Crippen LogP contribution >= 0.6 is 22.9 Å². The van der Waals surface area contributed by atoms with Crippen molar-refractivity contribution in [3.63, 3.8) is 0 Å². The lowest BCUT2D eigenvalue weighted by Crippen LogP contribution is -2.39. The maximum absolute atomic E-state index is 5.78. The highest BCUT2D eigenvalue weighted by Gasteiger charge is 2.19. The summed E-state index contributed by atoms with van der Waals surface area (Å²) in [6, 6.07) is 0.643. The molecule has 1 atom stereocenters. The van der Waals surface area contributed by atoms with Crippen LogP contribution in [0.2, 0.25) is 0 Å². The van der Waals surface area contributed by atoms with Gasteiger partial charge in [0.1, 0.15) is 0 Å². The lowest BCUT2D eigenvalue weighted by Gasteiger charge is -2.27. The van der Waals surface area contributed by atoms with Gasteiger partial charge < -0.3 is 4.90 Å². The molecule has 0 N–H and O–H groups in total. The van der Waals surface area contributed by atoms with Gasteiger partial charge in [-0.15, -0.1) is 22.9 Å². The molecule has 0 spiro atoms. The third-order valence-corrected chi connectivity index (χ3v) is 4.76. The van der Waals surface area contributed by atoms with Crippen LogP contribution in [-0.2, 0) is 12.3 Å². The van der Waals surface area contributed by atoms with Crippen molar-refractivity contribution in [2.75, 3.05) is 33.2 Å². The van der Waals surface area contributed by atoms with Crippen LogP contribution in [-0.4, -0.2) is 54.1 Å². The highest BCUT2D eigenvalue weighted by atomic mass is 35.5. The Labute approximate surface area is 119 Å². The van der Waals surface area contributed by atoms with Gasteiger partial charge in [-0.2, -0.15) is 0 Å². The zero-order valence-electron chi connectivity index (χ0n) is 11.2. The fourth-order valence-electron chi connectivity index (χ4n) is 2.52. The number of halogens is 1. The van der Waals surface area contributed by atoms with E-state index < -0.39 is 0 Å². The first-order valence-corrected chi connectivity index (χ1v) is 8.02. The van der Waals surface area contributed by atoms with E-state index in [2.05, 4.69) is 34.1 Å². The van der Waals surface area contributed by atoms with Crippen LogP contribution in [0.3, 0.4) is 0 Å². The van der Waals surface area contributed by atoms with E-state index >= 15 is 0 Å². The Balaban J connectivity index is 1.84. The van der Waals surface area contributed by atoms with Gasteiger partial charge in [0, 0.05) is 30.9 Å². The molecule has 1 aromatic heterocycles. The predicted molar refractivity (Wildman–Crippen MR) is 78.5 cm³/mol. The number of alkyl halides is 1. The first-order valence-electron chi connectivity index (χ1n) is 6.61. The minimum Gasteiger partial charge on any atom is -0.305 e. The second kappa shape index (κ2) is 6.85. The van der Waals surface area contributed by atoms with Crippen molar-refractivity contribution in [3.05, 3.63) is 16.1 Å². The van der Waals surface area contributed by atoms with E-state index in [1.807, 2.05) is 0 Å². The highest BCUT2D eigenvalue weighted by molar-refractivity contribution is 7.09. The average Bonchev–Trinajstić information content (AvgIpc) is 2.74. The molecule has 5 heteroatoms. The summed E-state index contributed by atoms with van der Waals surface area (Å²) in [5.74, 6) is 0.529. The molecule has 1 aliphatic rings. The lowest BCUT2D eigenvalue weighted by atomic mass is 10.2. The average molecular weight is 288 g/mol. The summed E-state index contributed by atoms with van der Waals surface area (Å²) in [4.78, 5) is 9.54. The lowest BCUT2D eigenvalue weighted by molar-refractivity contribution is 0.204. The summed E-state index contributed by atoms with van der Waals surface area (Å²) in [7, 11) is 2.22. The van der Waals surface area contributed by atoms with Gasteiger partial charge >= 0.3 is 0 Å². The van der Waals surface area contributed by atoms with Crippen molar-refractivity contribution < 1.29 is 0 Å².